The Morgan fingerprint density at radius 1 is 1.21 bits per heavy atom. The van der Waals surface area contributed by atoms with Crippen LogP contribution in [0.5, 0.6) is 5.75 Å². The average molecular weight is 330 g/mol. The highest BCUT2D eigenvalue weighted by Gasteiger charge is 2.60. The van der Waals surface area contributed by atoms with E-state index in [1.165, 1.54) is 6.42 Å². The smallest absolute Gasteiger partial charge is 0.312 e. The number of ether oxygens (including phenoxy) is 2. The summed E-state index contributed by atoms with van der Waals surface area (Å²) in [5.41, 5.74) is -0.192. The monoisotopic (exact) mass is 330 g/mol. The van der Waals surface area contributed by atoms with Gasteiger partial charge in [0.15, 0.2) is 0 Å². The number of para-hydroxylation sites is 1. The Balaban J connectivity index is 1.47. The number of esters is 1. The molecule has 0 aromatic heterocycles. The van der Waals surface area contributed by atoms with Crippen molar-refractivity contribution in [3.8, 4) is 5.75 Å². The van der Waals surface area contributed by atoms with Crippen molar-refractivity contribution in [2.24, 2.45) is 17.3 Å². The Morgan fingerprint density at radius 2 is 1.92 bits per heavy atom. The standard InChI is InChI=1S/C20H26O4/c1-2-23-17-6-4-3-5-16(17)12-24-18(21)19-8-14-7-15(9-19)11-20(22,10-14)13-19/h3-6,14-15,22H,2,7-13H2,1H3/t14-,15+,19?,20?. The number of hydrogen-bond donors (Lipinski definition) is 1. The number of aliphatic hydroxyl groups is 1. The third kappa shape index (κ3) is 2.71. The van der Waals surface area contributed by atoms with Crippen LogP contribution in [0.2, 0.25) is 0 Å². The summed E-state index contributed by atoms with van der Waals surface area (Å²) in [5.74, 6) is 1.62. The first-order valence-corrected chi connectivity index (χ1v) is 9.12. The van der Waals surface area contributed by atoms with Crippen molar-refractivity contribution in [1.82, 2.24) is 0 Å². The predicted molar refractivity (Wildman–Crippen MR) is 89.5 cm³/mol. The lowest BCUT2D eigenvalue weighted by Crippen LogP contribution is -2.58. The summed E-state index contributed by atoms with van der Waals surface area (Å²) >= 11 is 0. The SMILES string of the molecule is CCOc1ccccc1COC(=O)C12C[C@@H]3C[C@@H](CC(O)(C3)C1)C2. The normalized spacial score (nSPS) is 36.6. The zero-order valence-corrected chi connectivity index (χ0v) is 14.3. The summed E-state index contributed by atoms with van der Waals surface area (Å²) < 4.78 is 11.3. The van der Waals surface area contributed by atoms with E-state index in [2.05, 4.69) is 0 Å². The number of carbonyl (C=O) groups excluding carboxylic acids is 1. The molecule has 4 saturated carbocycles. The van der Waals surface area contributed by atoms with Crippen LogP contribution < -0.4 is 4.74 Å². The van der Waals surface area contributed by atoms with E-state index >= 15 is 0 Å². The van der Waals surface area contributed by atoms with E-state index < -0.39 is 11.0 Å². The molecule has 0 aliphatic heterocycles. The highest BCUT2D eigenvalue weighted by Crippen LogP contribution is 2.62. The first-order valence-electron chi connectivity index (χ1n) is 9.12. The molecule has 1 aromatic carbocycles. The molecule has 4 bridgehead atoms. The van der Waals surface area contributed by atoms with Crippen LogP contribution in [-0.2, 0) is 16.1 Å². The van der Waals surface area contributed by atoms with Crippen molar-refractivity contribution in [2.45, 2.75) is 57.7 Å². The molecule has 4 heteroatoms. The molecule has 1 aromatic rings. The highest BCUT2D eigenvalue weighted by molar-refractivity contribution is 5.78. The molecule has 5 rings (SSSR count). The lowest BCUT2D eigenvalue weighted by molar-refractivity contribution is -0.197. The topological polar surface area (TPSA) is 55.8 Å². The molecule has 0 saturated heterocycles. The third-order valence-corrected chi connectivity index (χ3v) is 6.09. The van der Waals surface area contributed by atoms with Gasteiger partial charge in [0, 0.05) is 5.56 Å². The molecule has 4 aliphatic carbocycles. The van der Waals surface area contributed by atoms with Gasteiger partial charge in [-0.3, -0.25) is 4.79 Å². The molecule has 24 heavy (non-hydrogen) atoms. The molecule has 0 heterocycles. The zero-order valence-electron chi connectivity index (χ0n) is 14.3. The predicted octanol–water partition coefficient (Wildman–Crippen LogP) is 3.46. The molecule has 4 fully saturated rings. The molecule has 1 N–H and O–H groups in total. The number of hydrogen-bond acceptors (Lipinski definition) is 4. The van der Waals surface area contributed by atoms with Gasteiger partial charge in [0.2, 0.25) is 0 Å². The zero-order chi connectivity index (χ0) is 16.8. The maximum Gasteiger partial charge on any atom is 0.312 e. The van der Waals surface area contributed by atoms with Crippen LogP contribution in [0, 0.1) is 17.3 Å². The van der Waals surface area contributed by atoms with Crippen LogP contribution in [-0.4, -0.2) is 23.3 Å². The number of rotatable bonds is 5. The quantitative estimate of drug-likeness (QED) is 0.840. The summed E-state index contributed by atoms with van der Waals surface area (Å²) in [6.07, 6.45) is 5.26. The minimum absolute atomic E-state index is 0.124. The lowest BCUT2D eigenvalue weighted by Gasteiger charge is -2.58. The lowest BCUT2D eigenvalue weighted by atomic mass is 9.48. The van der Waals surface area contributed by atoms with Gasteiger partial charge in [0.1, 0.15) is 12.4 Å². The second kappa shape index (κ2) is 5.76. The molecular formula is C20H26O4. The van der Waals surface area contributed by atoms with E-state index in [1.807, 2.05) is 31.2 Å². The summed E-state index contributed by atoms with van der Waals surface area (Å²) in [7, 11) is 0. The van der Waals surface area contributed by atoms with Gasteiger partial charge in [0.05, 0.1) is 17.6 Å². The van der Waals surface area contributed by atoms with Gasteiger partial charge >= 0.3 is 5.97 Å². The molecule has 2 unspecified atom stereocenters. The van der Waals surface area contributed by atoms with E-state index in [-0.39, 0.29) is 12.6 Å². The van der Waals surface area contributed by atoms with Crippen molar-refractivity contribution in [2.75, 3.05) is 6.61 Å². The van der Waals surface area contributed by atoms with Gasteiger partial charge in [-0.2, -0.15) is 0 Å². The molecule has 0 amide bonds. The van der Waals surface area contributed by atoms with E-state index in [0.29, 0.717) is 24.9 Å². The average Bonchev–Trinajstić information content (AvgIpc) is 2.51. The van der Waals surface area contributed by atoms with E-state index in [9.17, 15) is 9.90 Å². The first kappa shape index (κ1) is 15.9. The Kier molecular flexibility index (Phi) is 3.83. The second-order valence-corrected chi connectivity index (χ2v) is 8.08. The van der Waals surface area contributed by atoms with Gasteiger partial charge < -0.3 is 14.6 Å². The molecule has 4 atom stereocenters. The second-order valence-electron chi connectivity index (χ2n) is 8.08. The van der Waals surface area contributed by atoms with Gasteiger partial charge in [-0.05, 0) is 63.4 Å². The Morgan fingerprint density at radius 3 is 2.58 bits per heavy atom. The van der Waals surface area contributed by atoms with Crippen molar-refractivity contribution < 1.29 is 19.4 Å². The summed E-state index contributed by atoms with van der Waals surface area (Å²) in [6.45, 7) is 2.77. The van der Waals surface area contributed by atoms with Crippen molar-refractivity contribution in [1.29, 1.82) is 0 Å². The van der Waals surface area contributed by atoms with Gasteiger partial charge in [0.25, 0.3) is 0 Å². The minimum Gasteiger partial charge on any atom is -0.493 e. The van der Waals surface area contributed by atoms with Crippen LogP contribution in [0.3, 0.4) is 0 Å². The fraction of sp³-hybridized carbons (Fsp3) is 0.650. The van der Waals surface area contributed by atoms with Crippen molar-refractivity contribution in [3.63, 3.8) is 0 Å². The van der Waals surface area contributed by atoms with E-state index in [4.69, 9.17) is 9.47 Å². The Labute approximate surface area is 143 Å². The Bertz CT molecular complexity index is 624. The number of benzene rings is 1. The summed E-state index contributed by atoms with van der Waals surface area (Å²) in [4.78, 5) is 12.9. The van der Waals surface area contributed by atoms with E-state index in [0.717, 1.165) is 37.0 Å². The first-order chi connectivity index (χ1) is 11.5. The van der Waals surface area contributed by atoms with Gasteiger partial charge in [-0.1, -0.05) is 18.2 Å². The van der Waals surface area contributed by atoms with Gasteiger partial charge in [-0.25, -0.2) is 0 Å². The van der Waals surface area contributed by atoms with Crippen LogP contribution in [0.15, 0.2) is 24.3 Å². The van der Waals surface area contributed by atoms with Crippen LogP contribution in [0.1, 0.15) is 51.0 Å². The van der Waals surface area contributed by atoms with Crippen molar-refractivity contribution in [3.05, 3.63) is 29.8 Å². The summed E-state index contributed by atoms with van der Waals surface area (Å²) in [5, 5.41) is 10.8. The van der Waals surface area contributed by atoms with Crippen LogP contribution in [0.25, 0.3) is 0 Å². The third-order valence-electron chi connectivity index (χ3n) is 6.09. The minimum atomic E-state index is -0.633. The largest absolute Gasteiger partial charge is 0.493 e. The molecule has 0 radical (unpaired) electrons. The molecule has 4 nitrogen and oxygen atoms in total. The van der Waals surface area contributed by atoms with Crippen molar-refractivity contribution >= 4 is 5.97 Å². The molecular weight excluding hydrogens is 304 g/mol. The summed E-state index contributed by atoms with van der Waals surface area (Å²) in [6, 6.07) is 7.69. The Hall–Kier alpha value is -1.55. The van der Waals surface area contributed by atoms with Crippen LogP contribution in [0.4, 0.5) is 0 Å². The van der Waals surface area contributed by atoms with E-state index in [1.54, 1.807) is 0 Å². The molecule has 0 spiro atoms. The van der Waals surface area contributed by atoms with Gasteiger partial charge in [-0.15, -0.1) is 0 Å². The maximum absolute atomic E-state index is 12.9. The highest BCUT2D eigenvalue weighted by atomic mass is 16.5. The fourth-order valence-corrected chi connectivity index (χ4v) is 5.67. The number of carbonyl (C=O) groups is 1. The fourth-order valence-electron chi connectivity index (χ4n) is 5.67. The molecule has 130 valence electrons. The van der Waals surface area contributed by atoms with Crippen LogP contribution >= 0.6 is 0 Å². The molecule has 4 aliphatic rings. The maximum atomic E-state index is 12.9.